The highest BCUT2D eigenvalue weighted by atomic mass is 35.5. The number of aryl methyl sites for hydroxylation is 2. The van der Waals surface area contributed by atoms with E-state index in [1.807, 2.05) is 13.0 Å². The van der Waals surface area contributed by atoms with E-state index in [0.717, 1.165) is 27.0 Å². The highest BCUT2D eigenvalue weighted by Gasteiger charge is 2.16. The van der Waals surface area contributed by atoms with Crippen molar-refractivity contribution in [1.29, 1.82) is 0 Å². The van der Waals surface area contributed by atoms with E-state index < -0.39 is 6.10 Å². The predicted molar refractivity (Wildman–Crippen MR) is 111 cm³/mol. The molecule has 0 aliphatic carbocycles. The van der Waals surface area contributed by atoms with Gasteiger partial charge in [-0.05, 0) is 47.7 Å². The average molecular weight is 397 g/mol. The van der Waals surface area contributed by atoms with Gasteiger partial charge in [0.25, 0.3) is 5.56 Å². The smallest absolute Gasteiger partial charge is 0.252 e. The maximum Gasteiger partial charge on any atom is 0.252 e. The van der Waals surface area contributed by atoms with Crippen molar-refractivity contribution in [2.24, 2.45) is 7.05 Å². The third-order valence-electron chi connectivity index (χ3n) is 4.59. The van der Waals surface area contributed by atoms with E-state index in [1.54, 1.807) is 54.9 Å². The third-order valence-corrected chi connectivity index (χ3v) is 5.92. The van der Waals surface area contributed by atoms with Gasteiger partial charge in [0.2, 0.25) is 0 Å². The number of halogens is 1. The molecule has 1 unspecified atom stereocenters. The SMILES string of the molecule is Cc1csc(-c2cc(=O)n(C)c3ncc(C(O)c4ccc(Cl)cc4)cc23)c1. The number of aliphatic hydroxyl groups is 1. The van der Waals surface area contributed by atoms with Gasteiger partial charge < -0.3 is 5.11 Å². The van der Waals surface area contributed by atoms with E-state index in [-0.39, 0.29) is 5.56 Å². The summed E-state index contributed by atoms with van der Waals surface area (Å²) in [4.78, 5) is 17.9. The van der Waals surface area contributed by atoms with Crippen molar-refractivity contribution in [2.45, 2.75) is 13.0 Å². The number of pyridine rings is 2. The van der Waals surface area contributed by atoms with Gasteiger partial charge in [-0.2, -0.15) is 0 Å². The van der Waals surface area contributed by atoms with E-state index in [0.29, 0.717) is 16.2 Å². The Labute approximate surface area is 165 Å². The molecule has 6 heteroatoms. The largest absolute Gasteiger partial charge is 0.384 e. The number of aromatic nitrogens is 2. The summed E-state index contributed by atoms with van der Waals surface area (Å²) in [6.45, 7) is 2.03. The summed E-state index contributed by atoms with van der Waals surface area (Å²) < 4.78 is 1.53. The number of fused-ring (bicyclic) bond motifs is 1. The molecule has 1 aromatic carbocycles. The number of hydrogen-bond donors (Lipinski definition) is 1. The predicted octanol–water partition coefficient (Wildman–Crippen LogP) is 4.71. The van der Waals surface area contributed by atoms with Gasteiger partial charge in [-0.25, -0.2) is 4.98 Å². The summed E-state index contributed by atoms with van der Waals surface area (Å²) >= 11 is 7.53. The standard InChI is InChI=1S/C21H17ClN2O2S/c1-12-7-18(27-11-12)16-9-19(25)24(2)21-17(16)8-14(10-23-21)20(26)13-3-5-15(22)6-4-13/h3-11,20,26H,1-2H3. The van der Waals surface area contributed by atoms with Crippen LogP contribution in [0.5, 0.6) is 0 Å². The van der Waals surface area contributed by atoms with Crippen LogP contribution in [-0.4, -0.2) is 14.7 Å². The monoisotopic (exact) mass is 396 g/mol. The Hall–Kier alpha value is -2.47. The highest BCUT2D eigenvalue weighted by molar-refractivity contribution is 7.13. The zero-order valence-electron chi connectivity index (χ0n) is 14.8. The minimum absolute atomic E-state index is 0.109. The van der Waals surface area contributed by atoms with E-state index in [4.69, 9.17) is 11.6 Å². The van der Waals surface area contributed by atoms with E-state index in [9.17, 15) is 9.90 Å². The minimum atomic E-state index is -0.825. The minimum Gasteiger partial charge on any atom is -0.384 e. The Morgan fingerprint density at radius 2 is 1.89 bits per heavy atom. The molecule has 1 atom stereocenters. The number of nitrogens with zero attached hydrogens (tertiary/aromatic N) is 2. The number of thiophene rings is 1. The van der Waals surface area contributed by atoms with Gasteiger partial charge >= 0.3 is 0 Å². The molecular formula is C21H17ClN2O2S. The summed E-state index contributed by atoms with van der Waals surface area (Å²) in [5.41, 5.74) is 3.87. The molecular weight excluding hydrogens is 380 g/mol. The maximum atomic E-state index is 12.4. The second-order valence-corrected chi connectivity index (χ2v) is 7.89. The fraction of sp³-hybridized carbons (Fsp3) is 0.143. The van der Waals surface area contributed by atoms with Crippen LogP contribution in [0.25, 0.3) is 21.5 Å². The van der Waals surface area contributed by atoms with Crippen LogP contribution in [0.3, 0.4) is 0 Å². The van der Waals surface area contributed by atoms with Gasteiger partial charge in [0, 0.05) is 45.7 Å². The summed E-state index contributed by atoms with van der Waals surface area (Å²) in [5, 5.41) is 14.3. The van der Waals surface area contributed by atoms with Crippen molar-refractivity contribution in [1.82, 2.24) is 9.55 Å². The second-order valence-electron chi connectivity index (χ2n) is 6.54. The number of benzene rings is 1. The van der Waals surface area contributed by atoms with E-state index in [1.165, 1.54) is 4.57 Å². The van der Waals surface area contributed by atoms with Crippen molar-refractivity contribution in [3.63, 3.8) is 0 Å². The van der Waals surface area contributed by atoms with E-state index in [2.05, 4.69) is 16.4 Å². The third kappa shape index (κ3) is 3.30. The molecule has 4 aromatic rings. The van der Waals surface area contributed by atoms with Crippen molar-refractivity contribution in [3.8, 4) is 10.4 Å². The van der Waals surface area contributed by atoms with Crippen LogP contribution in [-0.2, 0) is 7.05 Å². The Morgan fingerprint density at radius 3 is 2.56 bits per heavy atom. The lowest BCUT2D eigenvalue weighted by atomic mass is 10.0. The topological polar surface area (TPSA) is 55.1 Å². The molecule has 3 heterocycles. The van der Waals surface area contributed by atoms with Crippen LogP contribution in [0.2, 0.25) is 5.02 Å². The van der Waals surface area contributed by atoms with Crippen LogP contribution in [0.15, 0.2) is 58.8 Å². The maximum absolute atomic E-state index is 12.4. The van der Waals surface area contributed by atoms with Crippen LogP contribution in [0, 0.1) is 6.92 Å². The summed E-state index contributed by atoms with van der Waals surface area (Å²) in [6.07, 6.45) is 0.791. The molecule has 136 valence electrons. The number of aliphatic hydroxyl groups excluding tert-OH is 1. The van der Waals surface area contributed by atoms with Gasteiger partial charge in [0.05, 0.1) is 0 Å². The Bertz CT molecular complexity index is 1200. The molecule has 0 bridgehead atoms. The van der Waals surface area contributed by atoms with Crippen molar-refractivity contribution < 1.29 is 5.11 Å². The lowest BCUT2D eigenvalue weighted by Crippen LogP contribution is -2.17. The molecule has 0 aliphatic rings. The first-order chi connectivity index (χ1) is 12.9. The molecule has 27 heavy (non-hydrogen) atoms. The Morgan fingerprint density at radius 1 is 1.15 bits per heavy atom. The van der Waals surface area contributed by atoms with Crippen LogP contribution < -0.4 is 5.56 Å². The first-order valence-electron chi connectivity index (χ1n) is 8.43. The molecule has 0 aliphatic heterocycles. The Kier molecular flexibility index (Phi) is 4.60. The van der Waals surface area contributed by atoms with Crippen molar-refractivity contribution in [2.75, 3.05) is 0 Å². The zero-order chi connectivity index (χ0) is 19.1. The van der Waals surface area contributed by atoms with Crippen LogP contribution in [0.4, 0.5) is 0 Å². The first-order valence-corrected chi connectivity index (χ1v) is 9.68. The molecule has 0 spiro atoms. The number of hydrogen-bond acceptors (Lipinski definition) is 4. The summed E-state index contributed by atoms with van der Waals surface area (Å²) in [6, 6.07) is 12.7. The van der Waals surface area contributed by atoms with Crippen molar-refractivity contribution in [3.05, 3.63) is 86.1 Å². The molecule has 4 nitrogen and oxygen atoms in total. The van der Waals surface area contributed by atoms with Gasteiger partial charge in [0.1, 0.15) is 11.8 Å². The highest BCUT2D eigenvalue weighted by Crippen LogP contribution is 2.33. The molecule has 3 aromatic heterocycles. The average Bonchev–Trinajstić information content (AvgIpc) is 3.10. The lowest BCUT2D eigenvalue weighted by Gasteiger charge is -2.14. The van der Waals surface area contributed by atoms with Gasteiger partial charge in [-0.3, -0.25) is 9.36 Å². The van der Waals surface area contributed by atoms with Crippen molar-refractivity contribution >= 4 is 34.0 Å². The molecule has 0 amide bonds. The first kappa shape index (κ1) is 17.9. The quantitative estimate of drug-likeness (QED) is 0.545. The Balaban J connectivity index is 1.91. The normalized spacial score (nSPS) is 12.4. The van der Waals surface area contributed by atoms with E-state index >= 15 is 0 Å². The fourth-order valence-electron chi connectivity index (χ4n) is 3.11. The summed E-state index contributed by atoms with van der Waals surface area (Å²) in [7, 11) is 1.70. The second kappa shape index (κ2) is 6.93. The molecule has 1 N–H and O–H groups in total. The van der Waals surface area contributed by atoms with Crippen LogP contribution in [0.1, 0.15) is 22.8 Å². The fourth-order valence-corrected chi connectivity index (χ4v) is 4.16. The molecule has 0 saturated heterocycles. The van der Waals surface area contributed by atoms with Gasteiger partial charge in [-0.1, -0.05) is 23.7 Å². The molecule has 4 rings (SSSR count). The van der Waals surface area contributed by atoms with Gasteiger partial charge in [-0.15, -0.1) is 11.3 Å². The molecule has 0 saturated carbocycles. The zero-order valence-corrected chi connectivity index (χ0v) is 16.4. The van der Waals surface area contributed by atoms with Crippen LogP contribution >= 0.6 is 22.9 Å². The lowest BCUT2D eigenvalue weighted by molar-refractivity contribution is 0.220. The summed E-state index contributed by atoms with van der Waals surface area (Å²) in [5.74, 6) is 0. The number of rotatable bonds is 3. The van der Waals surface area contributed by atoms with Gasteiger partial charge in [0.15, 0.2) is 0 Å². The molecule has 0 radical (unpaired) electrons. The molecule has 0 fully saturated rings.